The summed E-state index contributed by atoms with van der Waals surface area (Å²) in [5, 5.41) is 5.52. The molecule has 7 heteroatoms. The molecule has 1 saturated heterocycles. The predicted octanol–water partition coefficient (Wildman–Crippen LogP) is 2.51. The van der Waals surface area contributed by atoms with E-state index in [1.165, 1.54) is 6.42 Å². The van der Waals surface area contributed by atoms with Crippen LogP contribution in [0.2, 0.25) is 0 Å². The van der Waals surface area contributed by atoms with Gasteiger partial charge in [0.1, 0.15) is 0 Å². The van der Waals surface area contributed by atoms with Crippen LogP contribution in [0.25, 0.3) is 0 Å². The highest BCUT2D eigenvalue weighted by molar-refractivity contribution is 5.79. The highest BCUT2D eigenvalue weighted by Crippen LogP contribution is 2.50. The number of urea groups is 1. The molecule has 0 bridgehead atoms. The average molecular weight is 343 g/mol. The molecule has 2 saturated carbocycles. The number of nitrogens with zero attached hydrogens (tertiary/aromatic N) is 1. The van der Waals surface area contributed by atoms with Crippen LogP contribution in [0.4, 0.5) is 13.6 Å². The van der Waals surface area contributed by atoms with Crippen molar-refractivity contribution in [3.8, 4) is 0 Å². The van der Waals surface area contributed by atoms with Crippen molar-refractivity contribution in [3.63, 3.8) is 0 Å². The van der Waals surface area contributed by atoms with E-state index in [0.29, 0.717) is 12.8 Å². The fourth-order valence-corrected chi connectivity index (χ4v) is 3.89. The minimum Gasteiger partial charge on any atom is -0.342 e. The number of nitrogens with one attached hydrogen (secondary N) is 2. The minimum absolute atomic E-state index is 0.00565. The van der Waals surface area contributed by atoms with E-state index in [1.807, 2.05) is 4.90 Å². The number of carbonyl (C=O) groups is 2. The van der Waals surface area contributed by atoms with Crippen LogP contribution < -0.4 is 10.6 Å². The first-order valence-electron chi connectivity index (χ1n) is 9.16. The van der Waals surface area contributed by atoms with Gasteiger partial charge in [0.05, 0.1) is 0 Å². The Bertz CT molecular complexity index is 480. The van der Waals surface area contributed by atoms with Gasteiger partial charge < -0.3 is 15.5 Å². The molecule has 0 radical (unpaired) electrons. The SMILES string of the molecule is O=C(NCCC1CC1(F)F)N[C@H]1CC[C@@H](C(=O)N2CCCCC2)C1. The first-order valence-corrected chi connectivity index (χ1v) is 9.16. The van der Waals surface area contributed by atoms with Gasteiger partial charge in [0.2, 0.25) is 5.91 Å². The van der Waals surface area contributed by atoms with Gasteiger partial charge in [-0.05, 0) is 44.9 Å². The maximum atomic E-state index is 12.8. The zero-order chi connectivity index (χ0) is 17.2. The van der Waals surface area contributed by atoms with E-state index in [4.69, 9.17) is 0 Å². The second-order valence-electron chi connectivity index (χ2n) is 7.44. The predicted molar refractivity (Wildman–Crippen MR) is 85.8 cm³/mol. The lowest BCUT2D eigenvalue weighted by atomic mass is 10.0. The molecule has 136 valence electrons. The van der Waals surface area contributed by atoms with Gasteiger partial charge in [0.15, 0.2) is 0 Å². The van der Waals surface area contributed by atoms with Crippen LogP contribution in [-0.2, 0) is 4.79 Å². The Kier molecular flexibility index (Phi) is 5.25. The standard InChI is InChI=1S/C17H27F2N3O2/c18-17(19)11-13(17)6-7-20-16(24)21-14-5-4-12(10-14)15(23)22-8-2-1-3-9-22/h12-14H,1-11H2,(H2,20,21,24)/t12-,13?,14+/m1/s1. The molecule has 3 atom stereocenters. The van der Waals surface area contributed by atoms with E-state index >= 15 is 0 Å². The molecule has 3 amide bonds. The Hall–Kier alpha value is -1.40. The molecule has 3 fully saturated rings. The molecule has 2 aliphatic carbocycles. The summed E-state index contributed by atoms with van der Waals surface area (Å²) in [4.78, 5) is 26.3. The van der Waals surface area contributed by atoms with Crippen molar-refractivity contribution in [3.05, 3.63) is 0 Å². The van der Waals surface area contributed by atoms with Gasteiger partial charge in [-0.1, -0.05) is 0 Å². The zero-order valence-electron chi connectivity index (χ0n) is 14.0. The molecule has 1 aliphatic heterocycles. The molecule has 0 aromatic rings. The lowest BCUT2D eigenvalue weighted by Gasteiger charge is -2.29. The summed E-state index contributed by atoms with van der Waals surface area (Å²) in [6, 6.07) is -0.304. The number of alkyl halides is 2. The van der Waals surface area contributed by atoms with Crippen LogP contribution in [0.1, 0.15) is 51.4 Å². The molecule has 2 N–H and O–H groups in total. The Morgan fingerprint density at radius 3 is 2.50 bits per heavy atom. The molecular weight excluding hydrogens is 316 g/mol. The maximum Gasteiger partial charge on any atom is 0.315 e. The topological polar surface area (TPSA) is 61.4 Å². The number of halogens is 2. The van der Waals surface area contributed by atoms with E-state index < -0.39 is 11.8 Å². The molecule has 0 spiro atoms. The summed E-state index contributed by atoms with van der Waals surface area (Å²) in [6.45, 7) is 1.99. The third-order valence-electron chi connectivity index (χ3n) is 5.52. The van der Waals surface area contributed by atoms with Gasteiger partial charge in [-0.2, -0.15) is 0 Å². The van der Waals surface area contributed by atoms with E-state index in [-0.39, 0.29) is 36.9 Å². The molecule has 1 heterocycles. The Labute approximate surface area is 141 Å². The summed E-state index contributed by atoms with van der Waals surface area (Å²) < 4.78 is 25.5. The number of rotatable bonds is 5. The van der Waals surface area contributed by atoms with Crippen LogP contribution in [0, 0.1) is 11.8 Å². The molecule has 1 unspecified atom stereocenters. The van der Waals surface area contributed by atoms with E-state index in [9.17, 15) is 18.4 Å². The monoisotopic (exact) mass is 343 g/mol. The lowest BCUT2D eigenvalue weighted by Crippen LogP contribution is -2.42. The highest BCUT2D eigenvalue weighted by atomic mass is 19.3. The summed E-state index contributed by atoms with van der Waals surface area (Å²) >= 11 is 0. The summed E-state index contributed by atoms with van der Waals surface area (Å²) in [7, 11) is 0. The Morgan fingerprint density at radius 1 is 1.12 bits per heavy atom. The van der Waals surface area contributed by atoms with Crippen LogP contribution in [-0.4, -0.2) is 48.4 Å². The number of carbonyl (C=O) groups excluding carboxylic acids is 2. The van der Waals surface area contributed by atoms with E-state index in [1.54, 1.807) is 0 Å². The van der Waals surface area contributed by atoms with Gasteiger partial charge in [0, 0.05) is 43.9 Å². The van der Waals surface area contributed by atoms with Crippen molar-refractivity contribution in [1.82, 2.24) is 15.5 Å². The normalized spacial score (nSPS) is 31.6. The van der Waals surface area contributed by atoms with Gasteiger partial charge in [0.25, 0.3) is 5.92 Å². The largest absolute Gasteiger partial charge is 0.342 e. The van der Waals surface area contributed by atoms with E-state index in [2.05, 4.69) is 10.6 Å². The Morgan fingerprint density at radius 2 is 1.83 bits per heavy atom. The molecule has 3 rings (SSSR count). The molecule has 24 heavy (non-hydrogen) atoms. The fraction of sp³-hybridized carbons (Fsp3) is 0.882. The number of hydrogen-bond acceptors (Lipinski definition) is 2. The minimum atomic E-state index is -2.52. The smallest absolute Gasteiger partial charge is 0.315 e. The summed E-state index contributed by atoms with van der Waals surface area (Å²) in [5.41, 5.74) is 0. The van der Waals surface area contributed by atoms with Crippen molar-refractivity contribution in [2.75, 3.05) is 19.6 Å². The van der Waals surface area contributed by atoms with Crippen molar-refractivity contribution in [2.45, 2.75) is 63.3 Å². The van der Waals surface area contributed by atoms with Crippen molar-refractivity contribution >= 4 is 11.9 Å². The van der Waals surface area contributed by atoms with Crippen molar-refractivity contribution in [1.29, 1.82) is 0 Å². The molecule has 0 aromatic heterocycles. The second kappa shape index (κ2) is 7.23. The molecule has 0 aromatic carbocycles. The summed E-state index contributed by atoms with van der Waals surface area (Å²) in [5.74, 6) is -2.85. The fourth-order valence-electron chi connectivity index (χ4n) is 3.89. The van der Waals surface area contributed by atoms with Gasteiger partial charge >= 0.3 is 6.03 Å². The van der Waals surface area contributed by atoms with Crippen LogP contribution >= 0.6 is 0 Å². The van der Waals surface area contributed by atoms with E-state index in [0.717, 1.165) is 38.8 Å². The quantitative estimate of drug-likeness (QED) is 0.806. The number of hydrogen-bond donors (Lipinski definition) is 2. The third-order valence-corrected chi connectivity index (χ3v) is 5.52. The number of piperidine rings is 1. The molecule has 3 aliphatic rings. The lowest BCUT2D eigenvalue weighted by molar-refractivity contribution is -0.136. The second-order valence-corrected chi connectivity index (χ2v) is 7.44. The van der Waals surface area contributed by atoms with Crippen molar-refractivity contribution in [2.24, 2.45) is 11.8 Å². The van der Waals surface area contributed by atoms with Gasteiger partial charge in [-0.25, -0.2) is 13.6 Å². The number of amides is 3. The summed E-state index contributed by atoms with van der Waals surface area (Å²) in [6.07, 6.45) is 5.94. The van der Waals surface area contributed by atoms with Crippen molar-refractivity contribution < 1.29 is 18.4 Å². The first kappa shape index (κ1) is 17.4. The first-order chi connectivity index (χ1) is 11.5. The van der Waals surface area contributed by atoms with Gasteiger partial charge in [-0.15, -0.1) is 0 Å². The third kappa shape index (κ3) is 4.36. The van der Waals surface area contributed by atoms with Crippen LogP contribution in [0.5, 0.6) is 0 Å². The van der Waals surface area contributed by atoms with Crippen LogP contribution in [0.3, 0.4) is 0 Å². The van der Waals surface area contributed by atoms with Gasteiger partial charge in [-0.3, -0.25) is 4.79 Å². The Balaban J connectivity index is 1.33. The number of likely N-dealkylation sites (tertiary alicyclic amines) is 1. The highest BCUT2D eigenvalue weighted by Gasteiger charge is 2.55. The molecule has 5 nitrogen and oxygen atoms in total. The zero-order valence-corrected chi connectivity index (χ0v) is 14.0. The maximum absolute atomic E-state index is 12.8. The molecular formula is C17H27F2N3O2. The average Bonchev–Trinajstić information content (AvgIpc) is 2.96. The van der Waals surface area contributed by atoms with Crippen LogP contribution in [0.15, 0.2) is 0 Å².